The van der Waals surface area contributed by atoms with Gasteiger partial charge in [-0.1, -0.05) is 20.8 Å². The van der Waals surface area contributed by atoms with Crippen LogP contribution >= 0.6 is 15.9 Å². The highest BCUT2D eigenvalue weighted by Gasteiger charge is 2.17. The average Bonchev–Trinajstić information content (AvgIpc) is 2.56. The minimum Gasteiger partial charge on any atom is -0.383 e. The molecule has 2 aromatic rings. The second-order valence-corrected chi connectivity index (χ2v) is 6.30. The summed E-state index contributed by atoms with van der Waals surface area (Å²) in [4.78, 5) is 4.68. The predicted octanol–water partition coefficient (Wildman–Crippen LogP) is 4.14. The Morgan fingerprint density at radius 2 is 2.06 bits per heavy atom. The van der Waals surface area contributed by atoms with E-state index in [0.717, 1.165) is 28.1 Å². The Morgan fingerprint density at radius 1 is 1.39 bits per heavy atom. The summed E-state index contributed by atoms with van der Waals surface area (Å²) >= 11 is 3.53. The molecule has 1 unspecified atom stereocenters. The van der Waals surface area contributed by atoms with E-state index in [9.17, 15) is 0 Å². The first-order valence-corrected chi connectivity index (χ1v) is 7.13. The highest BCUT2D eigenvalue weighted by atomic mass is 79.9. The van der Waals surface area contributed by atoms with Gasteiger partial charge in [-0.25, -0.2) is 4.98 Å². The van der Waals surface area contributed by atoms with Crippen molar-refractivity contribution in [1.82, 2.24) is 9.38 Å². The fourth-order valence-corrected chi connectivity index (χ4v) is 2.70. The van der Waals surface area contributed by atoms with Crippen molar-refractivity contribution in [1.29, 1.82) is 0 Å². The number of hydrogen-bond acceptors (Lipinski definition) is 2. The molecule has 0 radical (unpaired) electrons. The number of hydrogen-bond donors (Lipinski definition) is 1. The number of nitrogens with zero attached hydrogens (tertiary/aromatic N) is 2. The number of imidazole rings is 1. The van der Waals surface area contributed by atoms with E-state index in [2.05, 4.69) is 54.7 Å². The Bertz CT molecular complexity index is 572. The van der Waals surface area contributed by atoms with Gasteiger partial charge in [-0.3, -0.25) is 4.40 Å². The minimum absolute atomic E-state index is 0.393. The zero-order valence-electron chi connectivity index (χ0n) is 11.4. The molecule has 4 heteroatoms. The molecule has 1 atom stereocenters. The Labute approximate surface area is 117 Å². The van der Waals surface area contributed by atoms with E-state index in [0.29, 0.717) is 11.8 Å². The predicted molar refractivity (Wildman–Crippen MR) is 79.9 cm³/mol. The van der Waals surface area contributed by atoms with Crippen LogP contribution in [0.4, 0.5) is 5.82 Å². The van der Waals surface area contributed by atoms with E-state index < -0.39 is 0 Å². The van der Waals surface area contributed by atoms with Gasteiger partial charge in [0.05, 0.1) is 5.69 Å². The summed E-state index contributed by atoms with van der Waals surface area (Å²) in [5, 5.41) is 0. The van der Waals surface area contributed by atoms with Gasteiger partial charge in [-0.2, -0.15) is 0 Å². The van der Waals surface area contributed by atoms with Crippen molar-refractivity contribution in [3.63, 3.8) is 0 Å². The quantitative estimate of drug-likeness (QED) is 0.926. The lowest BCUT2D eigenvalue weighted by Gasteiger charge is -2.12. The summed E-state index contributed by atoms with van der Waals surface area (Å²) in [5.41, 5.74) is 9.34. The van der Waals surface area contributed by atoms with Crippen LogP contribution in [-0.4, -0.2) is 9.38 Å². The normalized spacial score (nSPS) is 13.4. The molecule has 18 heavy (non-hydrogen) atoms. The first-order chi connectivity index (χ1) is 8.40. The summed E-state index contributed by atoms with van der Waals surface area (Å²) < 4.78 is 3.02. The van der Waals surface area contributed by atoms with E-state index in [1.165, 1.54) is 5.56 Å². The molecule has 3 nitrogen and oxygen atoms in total. The number of anilines is 1. The molecule has 2 rings (SSSR count). The number of rotatable bonds is 3. The second kappa shape index (κ2) is 4.92. The van der Waals surface area contributed by atoms with Crippen LogP contribution < -0.4 is 5.73 Å². The van der Waals surface area contributed by atoms with Crippen molar-refractivity contribution < 1.29 is 0 Å². The number of nitrogens with two attached hydrogens (primary N) is 1. The lowest BCUT2D eigenvalue weighted by molar-refractivity contribution is 0.518. The van der Waals surface area contributed by atoms with Gasteiger partial charge in [0.2, 0.25) is 0 Å². The standard InChI is InChI=1S/C14H20BrN3/c1-8(2)5-10(4)13-14(16)18-7-11(15)9(3)6-12(18)17-13/h6-8,10H,5,16H2,1-4H3. The number of aromatic nitrogens is 2. The van der Waals surface area contributed by atoms with Crippen LogP contribution in [0.3, 0.4) is 0 Å². The van der Waals surface area contributed by atoms with E-state index in [-0.39, 0.29) is 0 Å². The van der Waals surface area contributed by atoms with Crippen molar-refractivity contribution in [3.05, 3.63) is 28.0 Å². The van der Waals surface area contributed by atoms with Crippen LogP contribution in [0, 0.1) is 12.8 Å². The number of nitrogen functional groups attached to an aromatic ring is 1. The van der Waals surface area contributed by atoms with Crippen LogP contribution in [0.25, 0.3) is 5.65 Å². The highest BCUT2D eigenvalue weighted by molar-refractivity contribution is 9.10. The molecular weight excluding hydrogens is 290 g/mol. The summed E-state index contributed by atoms with van der Waals surface area (Å²) in [7, 11) is 0. The minimum atomic E-state index is 0.393. The van der Waals surface area contributed by atoms with Gasteiger partial charge in [0, 0.05) is 16.6 Å². The lowest BCUT2D eigenvalue weighted by Crippen LogP contribution is -2.03. The molecule has 0 aliphatic rings. The van der Waals surface area contributed by atoms with Gasteiger partial charge in [-0.05, 0) is 46.8 Å². The summed E-state index contributed by atoms with van der Waals surface area (Å²) in [6.07, 6.45) is 3.10. The molecule has 0 aliphatic heterocycles. The summed E-state index contributed by atoms with van der Waals surface area (Å²) in [6, 6.07) is 2.06. The maximum Gasteiger partial charge on any atom is 0.139 e. The maximum atomic E-state index is 6.21. The zero-order valence-corrected chi connectivity index (χ0v) is 13.0. The molecule has 2 heterocycles. The van der Waals surface area contributed by atoms with Gasteiger partial charge >= 0.3 is 0 Å². The summed E-state index contributed by atoms with van der Waals surface area (Å²) in [5.74, 6) is 1.81. The fraction of sp³-hybridized carbons (Fsp3) is 0.500. The monoisotopic (exact) mass is 309 g/mol. The van der Waals surface area contributed by atoms with Gasteiger partial charge < -0.3 is 5.73 Å². The maximum absolute atomic E-state index is 6.21. The molecule has 2 aromatic heterocycles. The second-order valence-electron chi connectivity index (χ2n) is 5.45. The lowest BCUT2D eigenvalue weighted by atomic mass is 9.96. The van der Waals surface area contributed by atoms with Crippen molar-refractivity contribution >= 4 is 27.4 Å². The van der Waals surface area contributed by atoms with E-state index in [1.807, 2.05) is 10.6 Å². The topological polar surface area (TPSA) is 43.3 Å². The Kier molecular flexibility index (Phi) is 3.66. The van der Waals surface area contributed by atoms with E-state index in [1.54, 1.807) is 0 Å². The van der Waals surface area contributed by atoms with Gasteiger partial charge in [0.25, 0.3) is 0 Å². The Balaban J connectivity index is 2.50. The highest BCUT2D eigenvalue weighted by Crippen LogP contribution is 2.29. The molecule has 98 valence electrons. The third-order valence-corrected chi connectivity index (χ3v) is 4.09. The Hall–Kier alpha value is -1.03. The molecule has 0 fully saturated rings. The first-order valence-electron chi connectivity index (χ1n) is 6.33. The number of fused-ring (bicyclic) bond motifs is 1. The van der Waals surface area contributed by atoms with Crippen LogP contribution in [-0.2, 0) is 0 Å². The summed E-state index contributed by atoms with van der Waals surface area (Å²) in [6.45, 7) is 8.71. The third-order valence-electron chi connectivity index (χ3n) is 3.26. The molecule has 2 N–H and O–H groups in total. The van der Waals surface area contributed by atoms with Gasteiger partial charge in [0.15, 0.2) is 0 Å². The largest absolute Gasteiger partial charge is 0.383 e. The van der Waals surface area contributed by atoms with Crippen LogP contribution in [0.5, 0.6) is 0 Å². The molecule has 0 amide bonds. The van der Waals surface area contributed by atoms with Gasteiger partial charge in [-0.15, -0.1) is 0 Å². The van der Waals surface area contributed by atoms with Crippen LogP contribution in [0.15, 0.2) is 16.7 Å². The third kappa shape index (κ3) is 2.39. The van der Waals surface area contributed by atoms with E-state index >= 15 is 0 Å². The number of aryl methyl sites for hydroxylation is 1. The van der Waals surface area contributed by atoms with E-state index in [4.69, 9.17) is 5.73 Å². The van der Waals surface area contributed by atoms with Crippen molar-refractivity contribution in [2.75, 3.05) is 5.73 Å². The zero-order chi connectivity index (χ0) is 13.4. The van der Waals surface area contributed by atoms with Crippen LogP contribution in [0.2, 0.25) is 0 Å². The molecule has 0 saturated heterocycles. The van der Waals surface area contributed by atoms with Crippen LogP contribution in [0.1, 0.15) is 44.4 Å². The first kappa shape index (κ1) is 13.4. The SMILES string of the molecule is Cc1cc2nc(C(C)CC(C)C)c(N)n2cc1Br. The van der Waals surface area contributed by atoms with Gasteiger partial charge in [0.1, 0.15) is 11.5 Å². The van der Waals surface area contributed by atoms with Crippen molar-refractivity contribution in [2.24, 2.45) is 5.92 Å². The number of halogens is 1. The van der Waals surface area contributed by atoms with Crippen molar-refractivity contribution in [3.8, 4) is 0 Å². The molecule has 0 spiro atoms. The number of pyridine rings is 1. The van der Waals surface area contributed by atoms with Crippen molar-refractivity contribution in [2.45, 2.75) is 40.0 Å². The Morgan fingerprint density at radius 3 is 2.67 bits per heavy atom. The molecule has 0 saturated carbocycles. The molecule has 0 bridgehead atoms. The molecular formula is C14H20BrN3. The smallest absolute Gasteiger partial charge is 0.139 e. The fourth-order valence-electron chi connectivity index (χ4n) is 2.38. The molecule has 0 aromatic carbocycles. The molecule has 0 aliphatic carbocycles. The average molecular weight is 310 g/mol.